The monoisotopic (exact) mass is 663 g/mol. The van der Waals surface area contributed by atoms with Gasteiger partial charge in [0.1, 0.15) is 10.9 Å². The molecule has 16 heteroatoms. The molecule has 0 saturated heterocycles. The molecule has 0 bridgehead atoms. The van der Waals surface area contributed by atoms with E-state index in [0.29, 0.717) is 17.8 Å². The Morgan fingerprint density at radius 1 is 0.891 bits per heavy atom. The first-order valence-electron chi connectivity index (χ1n) is 14.5. The number of carboxylic acid groups (broad SMARTS) is 2. The second kappa shape index (κ2) is 15.2. The number of likely N-dealkylation sites (N-methyl/N-ethyl adjacent to an activating group) is 1. The van der Waals surface area contributed by atoms with Gasteiger partial charge in [0.05, 0.1) is 12.3 Å². The zero-order valence-electron chi connectivity index (χ0n) is 27.7. The molecular weight excluding hydrogens is 618 g/mol. The number of thiazole rings is 1. The van der Waals surface area contributed by atoms with E-state index in [1.807, 2.05) is 0 Å². The molecule has 0 saturated carbocycles. The van der Waals surface area contributed by atoms with Crippen molar-refractivity contribution in [3.8, 4) is 0 Å². The fraction of sp³-hybridized carbons (Fsp3) is 0.533. The molecule has 0 fully saturated rings. The molecule has 1 aromatic heterocycles. The lowest BCUT2D eigenvalue weighted by Gasteiger charge is -2.48. The SMILES string of the molecule is CC(=O)Nc1nc(CCc2ccc(NC(N(C(=O)O)C(C)(C)C)N(C(=O)O)C(C)(C)C)cc2)c(C(=O)N[C@@H](CO)C(=O)N(C)C)s1. The van der Waals surface area contributed by atoms with Crippen LogP contribution in [-0.2, 0) is 22.4 Å². The highest BCUT2D eigenvalue weighted by Gasteiger charge is 2.43. The van der Waals surface area contributed by atoms with Crippen LogP contribution in [0.3, 0.4) is 0 Å². The van der Waals surface area contributed by atoms with E-state index in [9.17, 15) is 39.3 Å². The van der Waals surface area contributed by atoms with E-state index in [2.05, 4.69) is 20.9 Å². The van der Waals surface area contributed by atoms with Crippen molar-refractivity contribution in [2.75, 3.05) is 31.3 Å². The summed E-state index contributed by atoms with van der Waals surface area (Å²) in [6.07, 6.45) is -3.15. The number of aliphatic hydroxyl groups excluding tert-OH is 1. The molecule has 0 unspecified atom stereocenters. The maximum absolute atomic E-state index is 13.1. The lowest BCUT2D eigenvalue weighted by molar-refractivity contribution is -0.131. The van der Waals surface area contributed by atoms with Crippen molar-refractivity contribution in [1.29, 1.82) is 0 Å². The molecule has 0 aliphatic rings. The Kier molecular flexibility index (Phi) is 12.5. The molecular formula is C30H45N7O8S. The molecule has 0 radical (unpaired) electrons. The van der Waals surface area contributed by atoms with Crippen molar-refractivity contribution in [3.05, 3.63) is 40.4 Å². The maximum atomic E-state index is 13.1. The Labute approximate surface area is 272 Å². The number of benzene rings is 1. The van der Waals surface area contributed by atoms with Crippen molar-refractivity contribution < 1.29 is 39.3 Å². The van der Waals surface area contributed by atoms with Crippen LogP contribution in [0.25, 0.3) is 0 Å². The summed E-state index contributed by atoms with van der Waals surface area (Å²) in [6, 6.07) is 5.80. The summed E-state index contributed by atoms with van der Waals surface area (Å²) >= 11 is 0.950. The summed E-state index contributed by atoms with van der Waals surface area (Å²) in [5.41, 5.74) is -0.218. The van der Waals surface area contributed by atoms with Crippen LogP contribution in [0.5, 0.6) is 0 Å². The fourth-order valence-corrected chi connectivity index (χ4v) is 5.53. The van der Waals surface area contributed by atoms with Crippen LogP contribution in [-0.4, -0.2) is 109 Å². The molecule has 254 valence electrons. The number of amides is 5. The molecule has 0 aliphatic heterocycles. The second-order valence-electron chi connectivity index (χ2n) is 12.8. The molecule has 46 heavy (non-hydrogen) atoms. The Morgan fingerprint density at radius 2 is 1.41 bits per heavy atom. The van der Waals surface area contributed by atoms with Gasteiger partial charge in [0.2, 0.25) is 11.8 Å². The molecule has 5 amide bonds. The quantitative estimate of drug-likeness (QED) is 0.183. The van der Waals surface area contributed by atoms with E-state index in [1.165, 1.54) is 25.9 Å². The Hall–Kier alpha value is -4.44. The van der Waals surface area contributed by atoms with E-state index in [-0.39, 0.29) is 22.3 Å². The van der Waals surface area contributed by atoms with Crippen LogP contribution in [0.15, 0.2) is 24.3 Å². The van der Waals surface area contributed by atoms with Gasteiger partial charge in [-0.1, -0.05) is 23.5 Å². The van der Waals surface area contributed by atoms with Gasteiger partial charge in [0.25, 0.3) is 5.91 Å². The third-order valence-electron chi connectivity index (χ3n) is 6.66. The van der Waals surface area contributed by atoms with Gasteiger partial charge < -0.3 is 36.2 Å². The van der Waals surface area contributed by atoms with Gasteiger partial charge >= 0.3 is 12.2 Å². The number of hydrogen-bond donors (Lipinski definition) is 6. The third kappa shape index (κ3) is 10.0. The van der Waals surface area contributed by atoms with Gasteiger partial charge in [-0.2, -0.15) is 0 Å². The molecule has 1 heterocycles. The molecule has 0 spiro atoms. The molecule has 6 N–H and O–H groups in total. The van der Waals surface area contributed by atoms with Crippen molar-refractivity contribution >= 4 is 52.1 Å². The average Bonchev–Trinajstić information content (AvgIpc) is 3.30. The average molecular weight is 664 g/mol. The molecule has 1 atom stereocenters. The zero-order valence-corrected chi connectivity index (χ0v) is 28.5. The van der Waals surface area contributed by atoms with Gasteiger partial charge in [-0.15, -0.1) is 0 Å². The highest BCUT2D eigenvalue weighted by Crippen LogP contribution is 2.28. The molecule has 2 rings (SSSR count). The van der Waals surface area contributed by atoms with Crippen LogP contribution in [0.1, 0.15) is 69.4 Å². The van der Waals surface area contributed by atoms with Gasteiger partial charge in [-0.05, 0) is 72.1 Å². The first kappa shape index (κ1) is 37.7. The number of anilines is 2. The number of rotatable bonds is 12. The molecule has 0 aliphatic carbocycles. The summed E-state index contributed by atoms with van der Waals surface area (Å²) in [5, 5.41) is 38.2. The fourth-order valence-electron chi connectivity index (χ4n) is 4.56. The van der Waals surface area contributed by atoms with Crippen LogP contribution < -0.4 is 16.0 Å². The Morgan fingerprint density at radius 3 is 1.83 bits per heavy atom. The predicted molar refractivity (Wildman–Crippen MR) is 174 cm³/mol. The van der Waals surface area contributed by atoms with Crippen molar-refractivity contribution in [2.24, 2.45) is 0 Å². The normalized spacial score (nSPS) is 12.2. The summed E-state index contributed by atoms with van der Waals surface area (Å²) in [5.74, 6) is -1.47. The summed E-state index contributed by atoms with van der Waals surface area (Å²) < 4.78 is 0. The summed E-state index contributed by atoms with van der Waals surface area (Å²) in [6.45, 7) is 10.8. The minimum Gasteiger partial charge on any atom is -0.465 e. The number of nitrogens with zero attached hydrogens (tertiary/aromatic N) is 4. The van der Waals surface area contributed by atoms with Crippen molar-refractivity contribution in [2.45, 2.75) is 84.7 Å². The number of carbonyl (C=O) groups is 5. The van der Waals surface area contributed by atoms with Crippen molar-refractivity contribution in [3.63, 3.8) is 0 Å². The minimum atomic E-state index is -1.30. The number of carbonyl (C=O) groups excluding carboxylic acids is 3. The number of nitrogens with one attached hydrogen (secondary N) is 3. The minimum absolute atomic E-state index is 0.182. The summed E-state index contributed by atoms with van der Waals surface area (Å²) in [4.78, 5) is 69.8. The lowest BCUT2D eigenvalue weighted by atomic mass is 10.0. The largest absolute Gasteiger partial charge is 0.465 e. The van der Waals surface area contributed by atoms with Crippen LogP contribution in [0.2, 0.25) is 0 Å². The smallest absolute Gasteiger partial charge is 0.410 e. The van der Waals surface area contributed by atoms with E-state index in [4.69, 9.17) is 0 Å². The van der Waals surface area contributed by atoms with Crippen LogP contribution >= 0.6 is 11.3 Å². The summed E-state index contributed by atoms with van der Waals surface area (Å²) in [7, 11) is 3.01. The number of hydrogen-bond acceptors (Lipinski definition) is 9. The number of aliphatic hydroxyl groups is 1. The van der Waals surface area contributed by atoms with E-state index in [1.54, 1.807) is 65.8 Å². The van der Waals surface area contributed by atoms with E-state index < -0.39 is 54.0 Å². The lowest BCUT2D eigenvalue weighted by Crippen LogP contribution is -2.66. The van der Waals surface area contributed by atoms with E-state index >= 15 is 0 Å². The number of aryl methyl sites for hydroxylation is 2. The van der Waals surface area contributed by atoms with Crippen molar-refractivity contribution in [1.82, 2.24) is 25.0 Å². The van der Waals surface area contributed by atoms with Crippen LogP contribution in [0, 0.1) is 0 Å². The standard InChI is InChI=1S/C30H45N7O8S/c1-17(39)31-25-34-20(22(46-25)23(40)33-21(16-38)24(41)35(8)9)15-12-18-10-13-19(14-11-18)32-26(36(27(42)43)29(2,3)4)37(28(44)45)30(5,6)7/h10-11,13-14,21,26,32,38H,12,15-16H2,1-9H3,(H,33,40)(H,42,43)(H,44,45)(H,31,34,39)/t21-/m0/s1. The third-order valence-corrected chi connectivity index (χ3v) is 7.67. The first-order valence-corrected chi connectivity index (χ1v) is 15.3. The second-order valence-corrected chi connectivity index (χ2v) is 13.8. The van der Waals surface area contributed by atoms with Gasteiger partial charge in [-0.25, -0.2) is 14.6 Å². The molecule has 15 nitrogen and oxygen atoms in total. The highest BCUT2D eigenvalue weighted by molar-refractivity contribution is 7.17. The van der Waals surface area contributed by atoms with Crippen LogP contribution in [0.4, 0.5) is 20.4 Å². The Bertz CT molecular complexity index is 1380. The predicted octanol–water partition coefficient (Wildman–Crippen LogP) is 3.32. The topological polar surface area (TPSA) is 205 Å². The van der Waals surface area contributed by atoms with E-state index in [0.717, 1.165) is 26.7 Å². The highest BCUT2D eigenvalue weighted by atomic mass is 32.1. The van der Waals surface area contributed by atoms with Gasteiger partial charge in [0.15, 0.2) is 11.4 Å². The Balaban J connectivity index is 2.35. The van der Waals surface area contributed by atoms with Gasteiger partial charge in [-0.3, -0.25) is 24.2 Å². The number of aromatic nitrogens is 1. The first-order chi connectivity index (χ1) is 21.2. The zero-order chi connectivity index (χ0) is 35.1. The molecule has 2 aromatic rings. The van der Waals surface area contributed by atoms with Gasteiger partial charge in [0, 0.05) is 37.8 Å². The maximum Gasteiger partial charge on any atom is 0.410 e. The molecule has 1 aromatic carbocycles.